The Balaban J connectivity index is 1.91. The van der Waals surface area contributed by atoms with Crippen molar-refractivity contribution in [3.8, 4) is 0 Å². The quantitative estimate of drug-likeness (QED) is 0.780. The van der Waals surface area contributed by atoms with Gasteiger partial charge in [-0.2, -0.15) is 0 Å². The molecule has 0 aliphatic carbocycles. The van der Waals surface area contributed by atoms with Gasteiger partial charge in [0.1, 0.15) is 5.76 Å². The molecule has 0 spiro atoms. The largest absolute Gasteiger partial charge is 0.361 e. The number of benzene rings is 1. The first-order valence-electron chi connectivity index (χ1n) is 6.36. The summed E-state index contributed by atoms with van der Waals surface area (Å²) < 4.78 is 5.01. The molecule has 1 atom stereocenters. The fraction of sp³-hybridized carbons (Fsp3) is 0.286. The third kappa shape index (κ3) is 3.83. The summed E-state index contributed by atoms with van der Waals surface area (Å²) in [6, 6.07) is 9.02. The van der Waals surface area contributed by atoms with Crippen LogP contribution in [0.4, 0.5) is 10.5 Å². The summed E-state index contributed by atoms with van der Waals surface area (Å²) in [6.45, 7) is 4.56. The van der Waals surface area contributed by atoms with Crippen molar-refractivity contribution in [1.82, 2.24) is 10.5 Å². The van der Waals surface area contributed by atoms with Crippen molar-refractivity contribution < 1.29 is 9.32 Å². The highest BCUT2D eigenvalue weighted by atomic mass is 16.5. The molecule has 0 aliphatic heterocycles. The Bertz CT molecular complexity index is 577. The molecule has 1 heterocycles. The van der Waals surface area contributed by atoms with Gasteiger partial charge in [-0.25, -0.2) is 4.79 Å². The van der Waals surface area contributed by atoms with Gasteiger partial charge in [-0.3, -0.25) is 0 Å². The van der Waals surface area contributed by atoms with Crippen LogP contribution in [0.25, 0.3) is 0 Å². The SMILES string of the molecule is Cc1cc(CNC(C)c2ccc(NC(N)=O)cc2)no1. The Morgan fingerprint density at radius 1 is 1.40 bits per heavy atom. The fourth-order valence-electron chi connectivity index (χ4n) is 1.87. The molecule has 2 amide bonds. The van der Waals surface area contributed by atoms with Gasteiger partial charge in [0.15, 0.2) is 0 Å². The number of primary amides is 1. The van der Waals surface area contributed by atoms with E-state index in [2.05, 4.69) is 22.7 Å². The highest BCUT2D eigenvalue weighted by molar-refractivity contribution is 5.87. The third-order valence-electron chi connectivity index (χ3n) is 2.94. The van der Waals surface area contributed by atoms with Gasteiger partial charge in [-0.05, 0) is 31.5 Å². The van der Waals surface area contributed by atoms with Gasteiger partial charge in [0.05, 0.1) is 5.69 Å². The van der Waals surface area contributed by atoms with Crippen molar-refractivity contribution in [3.05, 3.63) is 47.3 Å². The van der Waals surface area contributed by atoms with Gasteiger partial charge in [0, 0.05) is 24.3 Å². The molecule has 6 nitrogen and oxygen atoms in total. The second kappa shape index (κ2) is 6.21. The minimum atomic E-state index is -0.565. The van der Waals surface area contributed by atoms with Crippen LogP contribution in [0.3, 0.4) is 0 Å². The molecule has 106 valence electrons. The number of aromatic nitrogens is 1. The van der Waals surface area contributed by atoms with Crippen LogP contribution in [0.2, 0.25) is 0 Å². The maximum Gasteiger partial charge on any atom is 0.316 e. The zero-order valence-electron chi connectivity index (χ0n) is 11.5. The van der Waals surface area contributed by atoms with Gasteiger partial charge in [0.2, 0.25) is 0 Å². The van der Waals surface area contributed by atoms with Gasteiger partial charge in [-0.1, -0.05) is 17.3 Å². The first kappa shape index (κ1) is 14.1. The second-order valence-electron chi connectivity index (χ2n) is 4.64. The van der Waals surface area contributed by atoms with Gasteiger partial charge in [-0.15, -0.1) is 0 Å². The molecule has 4 N–H and O–H groups in total. The summed E-state index contributed by atoms with van der Waals surface area (Å²) in [5.41, 5.74) is 7.73. The minimum Gasteiger partial charge on any atom is -0.361 e. The normalized spacial score (nSPS) is 12.1. The number of nitrogens with two attached hydrogens (primary N) is 1. The lowest BCUT2D eigenvalue weighted by Crippen LogP contribution is -2.20. The molecule has 0 aliphatic rings. The first-order chi connectivity index (χ1) is 9.54. The molecule has 20 heavy (non-hydrogen) atoms. The maximum atomic E-state index is 10.7. The zero-order chi connectivity index (χ0) is 14.5. The average Bonchev–Trinajstić information content (AvgIpc) is 2.82. The van der Waals surface area contributed by atoms with E-state index in [0.717, 1.165) is 17.0 Å². The number of anilines is 1. The molecule has 0 bridgehead atoms. The van der Waals surface area contributed by atoms with Gasteiger partial charge < -0.3 is 20.9 Å². The van der Waals surface area contributed by atoms with Crippen LogP contribution < -0.4 is 16.4 Å². The molecule has 2 rings (SSSR count). The topological polar surface area (TPSA) is 93.2 Å². The van der Waals surface area contributed by atoms with Crippen molar-refractivity contribution in [1.29, 1.82) is 0 Å². The number of urea groups is 1. The van der Waals surface area contributed by atoms with E-state index in [1.54, 1.807) is 0 Å². The number of hydrogen-bond donors (Lipinski definition) is 3. The third-order valence-corrected chi connectivity index (χ3v) is 2.94. The molecule has 1 aromatic heterocycles. The Hall–Kier alpha value is -2.34. The van der Waals surface area contributed by atoms with Crippen LogP contribution in [-0.2, 0) is 6.54 Å². The number of carbonyl (C=O) groups excluding carboxylic acids is 1. The summed E-state index contributed by atoms with van der Waals surface area (Å²) in [6.07, 6.45) is 0. The molecule has 2 aromatic rings. The summed E-state index contributed by atoms with van der Waals surface area (Å²) in [4.78, 5) is 10.7. The van der Waals surface area contributed by atoms with E-state index in [1.807, 2.05) is 37.3 Å². The van der Waals surface area contributed by atoms with E-state index in [-0.39, 0.29) is 6.04 Å². The summed E-state index contributed by atoms with van der Waals surface area (Å²) in [7, 11) is 0. The highest BCUT2D eigenvalue weighted by Gasteiger charge is 2.07. The van der Waals surface area contributed by atoms with Crippen LogP contribution in [0, 0.1) is 6.92 Å². The van der Waals surface area contributed by atoms with Gasteiger partial charge in [0.25, 0.3) is 0 Å². The van der Waals surface area contributed by atoms with Crippen LogP contribution in [0.1, 0.15) is 30.0 Å². The standard InChI is InChI=1S/C14H18N4O2/c1-9-7-13(18-20-9)8-16-10(2)11-3-5-12(6-4-11)17-14(15)19/h3-7,10,16H,8H2,1-2H3,(H3,15,17,19). The number of nitrogens with zero attached hydrogens (tertiary/aromatic N) is 1. The molecule has 0 saturated heterocycles. The van der Waals surface area contributed by atoms with Crippen molar-refractivity contribution in [2.75, 3.05) is 5.32 Å². The monoisotopic (exact) mass is 274 g/mol. The van der Waals surface area contributed by atoms with E-state index in [0.29, 0.717) is 12.2 Å². The molecule has 0 fully saturated rings. The van der Waals surface area contributed by atoms with E-state index < -0.39 is 6.03 Å². The van der Waals surface area contributed by atoms with Crippen molar-refractivity contribution in [2.24, 2.45) is 5.73 Å². The van der Waals surface area contributed by atoms with E-state index >= 15 is 0 Å². The Kier molecular flexibility index (Phi) is 4.37. The lowest BCUT2D eigenvalue weighted by Gasteiger charge is -2.13. The predicted molar refractivity (Wildman–Crippen MR) is 76.1 cm³/mol. The van der Waals surface area contributed by atoms with Crippen molar-refractivity contribution in [3.63, 3.8) is 0 Å². The van der Waals surface area contributed by atoms with Crippen LogP contribution in [0.5, 0.6) is 0 Å². The lowest BCUT2D eigenvalue weighted by atomic mass is 10.1. The maximum absolute atomic E-state index is 10.7. The fourth-order valence-corrected chi connectivity index (χ4v) is 1.87. The lowest BCUT2D eigenvalue weighted by molar-refractivity contribution is 0.259. The van der Waals surface area contributed by atoms with E-state index in [9.17, 15) is 4.79 Å². The second-order valence-corrected chi connectivity index (χ2v) is 4.64. The number of amides is 2. The number of hydrogen-bond acceptors (Lipinski definition) is 4. The Labute approximate surface area is 117 Å². The van der Waals surface area contributed by atoms with E-state index in [1.165, 1.54) is 0 Å². The van der Waals surface area contributed by atoms with Crippen molar-refractivity contribution in [2.45, 2.75) is 26.4 Å². The first-order valence-corrected chi connectivity index (χ1v) is 6.36. The van der Waals surface area contributed by atoms with E-state index in [4.69, 9.17) is 10.3 Å². The summed E-state index contributed by atoms with van der Waals surface area (Å²) in [5.74, 6) is 0.802. The summed E-state index contributed by atoms with van der Waals surface area (Å²) in [5, 5.41) is 9.81. The molecule has 0 radical (unpaired) electrons. The molecule has 0 saturated carbocycles. The predicted octanol–water partition coefficient (Wildman–Crippen LogP) is 2.32. The Morgan fingerprint density at radius 3 is 2.65 bits per heavy atom. The number of rotatable bonds is 5. The van der Waals surface area contributed by atoms with Crippen molar-refractivity contribution >= 4 is 11.7 Å². The zero-order valence-corrected chi connectivity index (χ0v) is 11.5. The highest BCUT2D eigenvalue weighted by Crippen LogP contribution is 2.16. The average molecular weight is 274 g/mol. The Morgan fingerprint density at radius 2 is 2.10 bits per heavy atom. The number of aryl methyl sites for hydroxylation is 1. The molecule has 1 unspecified atom stereocenters. The van der Waals surface area contributed by atoms with Gasteiger partial charge >= 0.3 is 6.03 Å². The molecular formula is C14H18N4O2. The summed E-state index contributed by atoms with van der Waals surface area (Å²) >= 11 is 0. The van der Waals surface area contributed by atoms with Crippen LogP contribution in [-0.4, -0.2) is 11.2 Å². The minimum absolute atomic E-state index is 0.162. The number of nitrogens with one attached hydrogen (secondary N) is 2. The van der Waals surface area contributed by atoms with Crippen LogP contribution in [0.15, 0.2) is 34.9 Å². The molecular weight excluding hydrogens is 256 g/mol. The smallest absolute Gasteiger partial charge is 0.316 e. The van der Waals surface area contributed by atoms with Crippen LogP contribution >= 0.6 is 0 Å². The number of carbonyl (C=O) groups is 1. The molecule has 6 heteroatoms. The molecule has 1 aromatic carbocycles.